The molecule has 0 saturated carbocycles. The molecule has 0 aliphatic carbocycles. The molecular weight excluding hydrogens is 496 g/mol. The van der Waals surface area contributed by atoms with E-state index in [9.17, 15) is 19.5 Å². The Labute approximate surface area is 223 Å². The lowest BCUT2D eigenvalue weighted by Gasteiger charge is -2.39. The van der Waals surface area contributed by atoms with Gasteiger partial charge in [-0.15, -0.1) is 6.58 Å². The highest BCUT2D eigenvalue weighted by Gasteiger charge is 2.80. The van der Waals surface area contributed by atoms with E-state index in [2.05, 4.69) is 6.58 Å². The van der Waals surface area contributed by atoms with Gasteiger partial charge >= 0.3 is 5.97 Å². The van der Waals surface area contributed by atoms with Crippen molar-refractivity contribution in [3.63, 3.8) is 0 Å². The quantitative estimate of drug-likeness (QED) is 0.386. The van der Waals surface area contributed by atoms with Crippen molar-refractivity contribution in [3.05, 3.63) is 41.4 Å². The van der Waals surface area contributed by atoms with E-state index in [-0.39, 0.29) is 37.5 Å². The highest BCUT2D eigenvalue weighted by Crippen LogP contribution is 2.65. The van der Waals surface area contributed by atoms with E-state index in [4.69, 9.17) is 21.1 Å². The smallest absolute Gasteiger partial charge is 0.312 e. The van der Waals surface area contributed by atoms with Crippen LogP contribution >= 0.6 is 11.6 Å². The predicted octanol–water partition coefficient (Wildman–Crippen LogP) is 3.51. The van der Waals surface area contributed by atoms with E-state index in [0.29, 0.717) is 23.6 Å². The molecule has 4 rings (SSSR count). The largest absolute Gasteiger partial charge is 0.466 e. The first kappa shape index (κ1) is 27.6. The molecule has 3 heterocycles. The molecule has 3 saturated heterocycles. The minimum absolute atomic E-state index is 0.106. The van der Waals surface area contributed by atoms with Gasteiger partial charge in [0.1, 0.15) is 17.6 Å². The van der Waals surface area contributed by atoms with Crippen molar-refractivity contribution in [2.45, 2.75) is 70.7 Å². The average molecular weight is 533 g/mol. The Morgan fingerprint density at radius 2 is 2.11 bits per heavy atom. The maximum Gasteiger partial charge on any atom is 0.312 e. The number of aryl methyl sites for hydroxylation is 1. The molecule has 7 atom stereocenters. The summed E-state index contributed by atoms with van der Waals surface area (Å²) in [6.45, 7) is 13.1. The van der Waals surface area contributed by atoms with Crippen molar-refractivity contribution in [2.75, 3.05) is 24.7 Å². The van der Waals surface area contributed by atoms with E-state index in [0.717, 1.165) is 5.56 Å². The molecular formula is C28H37ClN2O6. The molecule has 202 valence electrons. The molecule has 2 bridgehead atoms. The molecule has 1 aromatic carbocycles. The summed E-state index contributed by atoms with van der Waals surface area (Å²) in [6, 6.07) is 3.72. The number of amides is 2. The third-order valence-electron chi connectivity index (χ3n) is 8.64. The molecule has 8 nitrogen and oxygen atoms in total. The number of anilines is 1. The number of esters is 1. The maximum absolute atomic E-state index is 14.6. The molecule has 1 aromatic rings. The number of aliphatic hydroxyl groups is 1. The molecule has 0 aromatic heterocycles. The number of fused-ring (bicyclic) bond motifs is 1. The van der Waals surface area contributed by atoms with Crippen LogP contribution < -0.4 is 4.90 Å². The summed E-state index contributed by atoms with van der Waals surface area (Å²) in [5.74, 6) is -3.07. The Balaban J connectivity index is 1.91. The van der Waals surface area contributed by atoms with Crippen LogP contribution in [0.1, 0.15) is 46.1 Å². The number of likely N-dealkylation sites (tertiary alicyclic amines) is 1. The van der Waals surface area contributed by atoms with E-state index in [1.54, 1.807) is 19.1 Å². The van der Waals surface area contributed by atoms with Gasteiger partial charge in [0.25, 0.3) is 5.91 Å². The number of nitrogens with zero attached hydrogens (tertiary/aromatic N) is 2. The fraction of sp³-hybridized carbons (Fsp3) is 0.607. The Kier molecular flexibility index (Phi) is 7.49. The number of ether oxygens (including phenoxy) is 2. The molecule has 3 unspecified atom stereocenters. The van der Waals surface area contributed by atoms with Gasteiger partial charge in [-0.1, -0.05) is 43.7 Å². The molecule has 3 aliphatic heterocycles. The van der Waals surface area contributed by atoms with Gasteiger partial charge in [0.05, 0.1) is 41.5 Å². The molecule has 1 N–H and O–H groups in total. The summed E-state index contributed by atoms with van der Waals surface area (Å²) >= 11 is 6.58. The fourth-order valence-electron chi connectivity index (χ4n) is 6.89. The third kappa shape index (κ3) is 3.91. The molecule has 3 aliphatic rings. The van der Waals surface area contributed by atoms with Crippen LogP contribution in [0.3, 0.4) is 0 Å². The molecule has 3 fully saturated rings. The zero-order chi connectivity index (χ0) is 27.3. The Bertz CT molecular complexity index is 1090. The number of carbonyl (C=O) groups excluding carboxylic acids is 3. The van der Waals surface area contributed by atoms with E-state index >= 15 is 0 Å². The van der Waals surface area contributed by atoms with Crippen LogP contribution in [-0.2, 0) is 23.9 Å². The summed E-state index contributed by atoms with van der Waals surface area (Å²) in [5, 5.41) is 10.7. The second-order valence-corrected chi connectivity index (χ2v) is 11.0. The van der Waals surface area contributed by atoms with Gasteiger partial charge in [-0.05, 0) is 51.2 Å². The second kappa shape index (κ2) is 10.0. The first-order valence-electron chi connectivity index (χ1n) is 13.0. The van der Waals surface area contributed by atoms with Crippen molar-refractivity contribution in [3.8, 4) is 0 Å². The lowest BCUT2D eigenvalue weighted by Crippen LogP contribution is -2.59. The minimum atomic E-state index is -1.24. The fourth-order valence-corrected chi connectivity index (χ4v) is 7.21. The third-order valence-corrected chi connectivity index (χ3v) is 8.94. The average Bonchev–Trinajstić information content (AvgIpc) is 3.36. The van der Waals surface area contributed by atoms with Crippen LogP contribution in [0, 0.1) is 24.7 Å². The highest BCUT2D eigenvalue weighted by molar-refractivity contribution is 6.34. The standard InChI is InChI=1S/C28H37ClN2O6/c1-7-13-30(22-16(4)11-10-12-19(22)29)25(34)23-28-14-17(5)27(6,37-28)21(26(35)36-9-3)20(28)24(33)31(23)18(8-2)15-32/h7,10-12,17-18,20-21,23,32H,1,8-9,13-15H2,2-6H3/t17?,18-,20-,21-,23?,27+,28?/m0/s1. The first-order chi connectivity index (χ1) is 17.5. The lowest BCUT2D eigenvalue weighted by molar-refractivity contribution is -0.162. The lowest BCUT2D eigenvalue weighted by atomic mass is 9.62. The number of aliphatic hydroxyl groups excluding tert-OH is 1. The molecule has 9 heteroatoms. The number of carbonyl (C=O) groups is 3. The summed E-state index contributed by atoms with van der Waals surface area (Å²) in [5.41, 5.74) is -0.867. The number of rotatable bonds is 9. The van der Waals surface area contributed by atoms with Gasteiger partial charge in [0.2, 0.25) is 5.91 Å². The highest BCUT2D eigenvalue weighted by atomic mass is 35.5. The molecule has 2 amide bonds. The number of benzene rings is 1. The summed E-state index contributed by atoms with van der Waals surface area (Å²) < 4.78 is 12.1. The summed E-state index contributed by atoms with van der Waals surface area (Å²) in [4.78, 5) is 45.1. The number of hydrogen-bond acceptors (Lipinski definition) is 6. The first-order valence-corrected chi connectivity index (χ1v) is 13.4. The molecule has 37 heavy (non-hydrogen) atoms. The minimum Gasteiger partial charge on any atom is -0.466 e. The second-order valence-electron chi connectivity index (χ2n) is 10.6. The van der Waals surface area contributed by atoms with Gasteiger partial charge < -0.3 is 24.4 Å². The zero-order valence-corrected chi connectivity index (χ0v) is 23.0. The van der Waals surface area contributed by atoms with Gasteiger partial charge in [-0.2, -0.15) is 0 Å². The van der Waals surface area contributed by atoms with E-state index in [1.807, 2.05) is 39.8 Å². The van der Waals surface area contributed by atoms with Crippen LogP contribution in [0.5, 0.6) is 0 Å². The van der Waals surface area contributed by atoms with Crippen molar-refractivity contribution in [1.29, 1.82) is 0 Å². The number of para-hydroxylation sites is 1. The van der Waals surface area contributed by atoms with E-state index in [1.165, 1.54) is 9.80 Å². The summed E-state index contributed by atoms with van der Waals surface area (Å²) in [7, 11) is 0. The molecule has 1 spiro atoms. The predicted molar refractivity (Wildman–Crippen MR) is 140 cm³/mol. The van der Waals surface area contributed by atoms with Crippen LogP contribution in [0.25, 0.3) is 0 Å². The van der Waals surface area contributed by atoms with E-state index < -0.39 is 41.1 Å². The van der Waals surface area contributed by atoms with Crippen LogP contribution in [0.2, 0.25) is 5.02 Å². The summed E-state index contributed by atoms with van der Waals surface area (Å²) in [6.07, 6.45) is 2.46. The molecule has 0 radical (unpaired) electrons. The van der Waals surface area contributed by atoms with Gasteiger partial charge in [-0.25, -0.2) is 0 Å². The van der Waals surface area contributed by atoms with Crippen molar-refractivity contribution in [1.82, 2.24) is 4.90 Å². The van der Waals surface area contributed by atoms with Crippen molar-refractivity contribution >= 4 is 35.1 Å². The maximum atomic E-state index is 14.6. The SMILES string of the molecule is C=CCN(C(=O)C1N([C@@H](CC)CO)C(=O)[C@@H]2[C@@H](C(=O)OCC)[C@]3(C)OC12CC3C)c1c(C)cccc1Cl. The van der Waals surface area contributed by atoms with Crippen molar-refractivity contribution in [2.24, 2.45) is 17.8 Å². The van der Waals surface area contributed by atoms with Gasteiger partial charge in [0.15, 0.2) is 0 Å². The van der Waals surface area contributed by atoms with Gasteiger partial charge in [0, 0.05) is 6.54 Å². The normalized spacial score (nSPS) is 32.8. The topological polar surface area (TPSA) is 96.4 Å². The Morgan fingerprint density at radius 3 is 2.68 bits per heavy atom. The Hall–Kier alpha value is -2.42. The van der Waals surface area contributed by atoms with Crippen molar-refractivity contribution < 1.29 is 29.0 Å². The zero-order valence-electron chi connectivity index (χ0n) is 22.2. The Morgan fingerprint density at radius 1 is 1.41 bits per heavy atom. The number of hydrogen-bond donors (Lipinski definition) is 1. The van der Waals surface area contributed by atoms with Gasteiger partial charge in [-0.3, -0.25) is 14.4 Å². The monoisotopic (exact) mass is 532 g/mol. The number of halogens is 1. The van der Waals surface area contributed by atoms with Crippen LogP contribution in [0.15, 0.2) is 30.9 Å². The van der Waals surface area contributed by atoms with Crippen LogP contribution in [0.4, 0.5) is 5.69 Å². The van der Waals surface area contributed by atoms with Crippen LogP contribution in [-0.4, -0.2) is 70.8 Å².